The first-order valence-electron chi connectivity index (χ1n) is 31.6. The highest BCUT2D eigenvalue weighted by atomic mass is 32.2. The van der Waals surface area contributed by atoms with Crippen LogP contribution in [0.2, 0.25) is 0 Å². The predicted molar refractivity (Wildman–Crippen MR) is 332 cm³/mol. The number of aryl methyl sites for hydroxylation is 1. The molecule has 6 atom stereocenters. The molecule has 9 aliphatic rings. The second kappa shape index (κ2) is 23.5. The summed E-state index contributed by atoms with van der Waals surface area (Å²) in [5.74, 6) is 1.30. The molecule has 0 unspecified atom stereocenters. The SMILES string of the molecule is COc1c(N2CCOC[C@@H]2C)ncc2c1COC[C@H]2N1CCN(C2CC3(CCN(c4ccc(C(=O)NS(=O)(=O)c5cc6c(c([N+](=O)[O-])c5)N[C@H](C5CCOCC5)CO6)c(N5c6cc7cc[nH]c7nc6O[C@H]6COCC[C@@H]65)c4)CC3)C2)[C@H](c2ccccc2C)C1. The fraction of sp³-hybridized carbons (Fsp3) is 0.523. The number of piperazine rings is 1. The van der Waals surface area contributed by atoms with Crippen LogP contribution >= 0.6 is 0 Å². The number of anilines is 5. The molecule has 1 amide bonds. The van der Waals surface area contributed by atoms with E-state index in [2.05, 4.69) is 83.8 Å². The van der Waals surface area contributed by atoms with Gasteiger partial charge in [0.15, 0.2) is 23.0 Å². The highest BCUT2D eigenvalue weighted by molar-refractivity contribution is 7.90. The van der Waals surface area contributed by atoms with Gasteiger partial charge in [-0.3, -0.25) is 24.7 Å². The number of aromatic nitrogens is 3. The lowest BCUT2D eigenvalue weighted by Gasteiger charge is -2.59. The van der Waals surface area contributed by atoms with Crippen LogP contribution in [0.25, 0.3) is 11.0 Å². The number of carbonyl (C=O) groups excluding carboxylic acids is 1. The zero-order valence-electron chi connectivity index (χ0n) is 50.6. The lowest BCUT2D eigenvalue weighted by Crippen LogP contribution is -2.60. The van der Waals surface area contributed by atoms with Crippen LogP contribution in [-0.2, 0) is 35.6 Å². The molecule has 1 saturated carbocycles. The van der Waals surface area contributed by atoms with Gasteiger partial charge in [-0.2, -0.15) is 4.98 Å². The zero-order valence-corrected chi connectivity index (χ0v) is 51.4. The van der Waals surface area contributed by atoms with Crippen molar-refractivity contribution in [3.8, 4) is 17.4 Å². The van der Waals surface area contributed by atoms with Crippen LogP contribution in [0.1, 0.15) is 96.6 Å². The number of methoxy groups -OCH3 is 1. The maximum atomic E-state index is 15.0. The van der Waals surface area contributed by atoms with Crippen molar-refractivity contribution in [2.24, 2.45) is 11.3 Å². The third-order valence-electron chi connectivity index (χ3n) is 20.8. The van der Waals surface area contributed by atoms with Crippen molar-refractivity contribution < 1.29 is 51.3 Å². The van der Waals surface area contributed by atoms with Gasteiger partial charge >= 0.3 is 0 Å². The standard InChI is InChI=1S/C65H77N11O12S/c1-39-6-4-5-7-46(39)55-33-72(56-37-86-35-49-48(56)32-67-62(60(49)82-3)73-21-25-85-34-40(73)2)19-20-74(55)44-30-65(31-44)14-17-71(18-15-65)43-8-9-47(52(27-43)75-51-13-24-84-38-58(51)88-64-54(75)26-42-10-16-66-61(42)69-64)63(77)70-89(80,81)45-28-53(76(78)79)59-57(29-45)87-36-50(68-59)41-11-22-83-23-12-41/h4-10,16,26-29,32,40-41,44,50-51,55-56,58,68H,11-15,17-25,30-31,33-38H2,1-3H3,(H,66,69)(H,70,77)/t40-,50-,51-,55-,56+,58-/m0/s1. The Hall–Kier alpha value is -7.32. The number of hydrogen-bond acceptors (Lipinski definition) is 20. The number of ether oxygens (including phenoxy) is 7. The van der Waals surface area contributed by atoms with Crippen LogP contribution in [0.3, 0.4) is 0 Å². The molecule has 6 fully saturated rings. The van der Waals surface area contributed by atoms with Gasteiger partial charge in [-0.15, -0.1) is 0 Å². The highest BCUT2D eigenvalue weighted by Gasteiger charge is 2.51. The van der Waals surface area contributed by atoms with Crippen molar-refractivity contribution in [3.05, 3.63) is 117 Å². The van der Waals surface area contributed by atoms with Crippen LogP contribution in [0.15, 0.2) is 84.0 Å². The molecule has 470 valence electrons. The Morgan fingerprint density at radius 3 is 2.49 bits per heavy atom. The monoisotopic (exact) mass is 1240 g/mol. The van der Waals surface area contributed by atoms with Crippen LogP contribution in [0.4, 0.5) is 34.3 Å². The van der Waals surface area contributed by atoms with Crippen LogP contribution in [0, 0.1) is 28.4 Å². The van der Waals surface area contributed by atoms with E-state index in [-0.39, 0.29) is 71.8 Å². The maximum Gasteiger partial charge on any atom is 0.297 e. The number of rotatable bonds is 12. The third kappa shape index (κ3) is 10.6. The molecule has 1 aliphatic carbocycles. The van der Waals surface area contributed by atoms with Gasteiger partial charge in [0.1, 0.15) is 24.0 Å². The largest absolute Gasteiger partial charge is 0.492 e. The number of nitrogens with one attached hydrogen (secondary N) is 3. The summed E-state index contributed by atoms with van der Waals surface area (Å²) < 4.78 is 73.9. The maximum absolute atomic E-state index is 15.0. The Morgan fingerprint density at radius 1 is 0.865 bits per heavy atom. The van der Waals surface area contributed by atoms with Crippen molar-refractivity contribution in [3.63, 3.8) is 0 Å². The van der Waals surface area contributed by atoms with E-state index in [9.17, 15) is 18.5 Å². The van der Waals surface area contributed by atoms with Crippen molar-refractivity contribution in [1.29, 1.82) is 0 Å². The first-order chi connectivity index (χ1) is 43.3. The number of H-pyrrole nitrogens is 1. The average molecular weight is 1240 g/mol. The second-order valence-corrected chi connectivity index (χ2v) is 27.4. The number of amides is 1. The summed E-state index contributed by atoms with van der Waals surface area (Å²) in [4.78, 5) is 51.9. The van der Waals surface area contributed by atoms with E-state index in [1.54, 1.807) is 13.2 Å². The summed E-state index contributed by atoms with van der Waals surface area (Å²) in [7, 11) is -2.98. The number of aromatic amines is 1. The Labute approximate surface area is 517 Å². The van der Waals surface area contributed by atoms with Gasteiger partial charge in [0.25, 0.3) is 21.6 Å². The predicted octanol–water partition coefficient (Wildman–Crippen LogP) is 8.19. The molecule has 0 radical (unpaired) electrons. The average Bonchev–Trinajstić information content (AvgIpc) is 1.52. The van der Waals surface area contributed by atoms with E-state index in [4.69, 9.17) is 43.1 Å². The van der Waals surface area contributed by atoms with E-state index >= 15 is 4.79 Å². The normalized spacial score (nSPS) is 25.8. The van der Waals surface area contributed by atoms with E-state index in [1.807, 2.05) is 30.5 Å². The van der Waals surface area contributed by atoms with Crippen LogP contribution in [-0.4, -0.2) is 174 Å². The summed E-state index contributed by atoms with van der Waals surface area (Å²) in [5, 5.41) is 16.8. The summed E-state index contributed by atoms with van der Waals surface area (Å²) >= 11 is 0. The van der Waals surface area contributed by atoms with E-state index in [0.29, 0.717) is 81.6 Å². The number of carbonyl (C=O) groups is 1. The summed E-state index contributed by atoms with van der Waals surface area (Å²) in [5.41, 5.74) is 7.47. The second-order valence-electron chi connectivity index (χ2n) is 25.8. The fourth-order valence-corrected chi connectivity index (χ4v) is 16.9. The van der Waals surface area contributed by atoms with Gasteiger partial charge < -0.3 is 58.2 Å². The smallest absolute Gasteiger partial charge is 0.297 e. The number of piperidine rings is 1. The number of pyridine rings is 2. The molecule has 3 aromatic carbocycles. The summed E-state index contributed by atoms with van der Waals surface area (Å²) in [6.07, 6.45) is 9.70. The van der Waals surface area contributed by atoms with E-state index in [0.717, 1.165) is 112 Å². The van der Waals surface area contributed by atoms with Gasteiger partial charge in [-0.1, -0.05) is 24.3 Å². The Morgan fingerprint density at radius 2 is 1.69 bits per heavy atom. The van der Waals surface area contributed by atoms with Crippen molar-refractivity contribution in [1.82, 2.24) is 29.5 Å². The minimum absolute atomic E-state index is 0.0236. The molecule has 6 aromatic rings. The van der Waals surface area contributed by atoms with Crippen LogP contribution in [0.5, 0.6) is 17.4 Å². The molecule has 3 N–H and O–H groups in total. The third-order valence-corrected chi connectivity index (χ3v) is 22.1. The van der Waals surface area contributed by atoms with E-state index in [1.165, 1.54) is 22.8 Å². The molecule has 5 saturated heterocycles. The van der Waals surface area contributed by atoms with Crippen molar-refractivity contribution >= 4 is 61.2 Å². The van der Waals surface area contributed by atoms with Gasteiger partial charge in [-0.25, -0.2) is 18.1 Å². The minimum atomic E-state index is -4.73. The molecule has 8 aliphatic heterocycles. The first kappa shape index (κ1) is 58.1. The number of morpholine rings is 1. The molecule has 15 rings (SSSR count). The number of benzene rings is 3. The van der Waals surface area contributed by atoms with Crippen LogP contribution < -0.4 is 38.9 Å². The summed E-state index contributed by atoms with van der Waals surface area (Å²) in [6, 6.07) is 20.9. The molecule has 11 heterocycles. The Bertz CT molecular complexity index is 3810. The number of hydrogen-bond donors (Lipinski definition) is 3. The molecule has 23 nitrogen and oxygen atoms in total. The zero-order chi connectivity index (χ0) is 60.7. The molecule has 1 spiro atoms. The summed E-state index contributed by atoms with van der Waals surface area (Å²) in [6.45, 7) is 13.9. The molecule has 0 bridgehead atoms. The number of sulfonamides is 1. The quantitative estimate of drug-likeness (QED) is 0.0772. The molecular weight excluding hydrogens is 1160 g/mol. The number of nitrogens with zero attached hydrogens (tertiary/aromatic N) is 8. The molecular formula is C65H77N11O12S. The Kier molecular flexibility index (Phi) is 15.3. The van der Waals surface area contributed by atoms with Crippen molar-refractivity contribution in [2.75, 3.05) is 119 Å². The first-order valence-corrected chi connectivity index (χ1v) is 33.1. The van der Waals surface area contributed by atoms with Gasteiger partial charge in [0.2, 0.25) is 5.88 Å². The number of nitro groups is 1. The molecule has 89 heavy (non-hydrogen) atoms. The van der Waals surface area contributed by atoms with E-state index < -0.39 is 37.5 Å². The number of nitro benzene ring substituents is 1. The van der Waals surface area contributed by atoms with Gasteiger partial charge in [-0.05, 0) is 117 Å². The van der Waals surface area contributed by atoms with Gasteiger partial charge in [0, 0.05) is 112 Å². The minimum Gasteiger partial charge on any atom is -0.492 e. The lowest BCUT2D eigenvalue weighted by molar-refractivity contribution is -0.384. The number of fused-ring (bicyclic) bond motifs is 5. The molecule has 24 heteroatoms. The highest BCUT2D eigenvalue weighted by Crippen LogP contribution is 2.55. The Balaban J connectivity index is 0.688. The lowest BCUT2D eigenvalue weighted by atomic mass is 9.59. The topological polar surface area (TPSA) is 241 Å². The molecule has 3 aromatic heterocycles. The van der Waals surface area contributed by atoms with Gasteiger partial charge in [0.05, 0.1) is 85.4 Å². The van der Waals surface area contributed by atoms with Crippen molar-refractivity contribution in [2.45, 2.75) is 113 Å². The fourth-order valence-electron chi connectivity index (χ4n) is 15.9.